The largest absolute Gasteiger partial charge is 0.354 e. The van der Waals surface area contributed by atoms with Crippen molar-refractivity contribution in [3.8, 4) is 0 Å². The van der Waals surface area contributed by atoms with Crippen LogP contribution in [0.4, 0.5) is 5.82 Å². The first-order valence-electron chi connectivity index (χ1n) is 6.96. The second-order valence-electron chi connectivity index (χ2n) is 5.25. The maximum atomic E-state index is 11.8. The summed E-state index contributed by atoms with van der Waals surface area (Å²) >= 11 is 0. The minimum atomic E-state index is -0.199. The molecule has 0 atom stereocenters. The Morgan fingerprint density at radius 2 is 1.86 bits per heavy atom. The van der Waals surface area contributed by atoms with Crippen LogP contribution in [-0.2, 0) is 6.54 Å². The van der Waals surface area contributed by atoms with Gasteiger partial charge in [-0.25, -0.2) is 0 Å². The predicted octanol–water partition coefficient (Wildman–Crippen LogP) is 2.25. The Labute approximate surface area is 125 Å². The van der Waals surface area contributed by atoms with Crippen molar-refractivity contribution >= 4 is 11.7 Å². The van der Waals surface area contributed by atoms with Crippen molar-refractivity contribution in [1.82, 2.24) is 15.5 Å². The molecule has 0 unspecified atom stereocenters. The molecule has 2 aromatic rings. The van der Waals surface area contributed by atoms with Gasteiger partial charge in [-0.3, -0.25) is 4.79 Å². The molecule has 0 saturated carbocycles. The highest BCUT2D eigenvalue weighted by Gasteiger charge is 2.10. The van der Waals surface area contributed by atoms with E-state index in [4.69, 9.17) is 0 Å². The van der Waals surface area contributed by atoms with Crippen molar-refractivity contribution in [2.45, 2.75) is 26.4 Å². The van der Waals surface area contributed by atoms with Gasteiger partial charge in [-0.2, -0.15) is 0 Å². The van der Waals surface area contributed by atoms with Crippen LogP contribution in [0.1, 0.15) is 29.9 Å². The summed E-state index contributed by atoms with van der Waals surface area (Å²) in [6.07, 6.45) is 0. The number of aromatic nitrogens is 2. The lowest BCUT2D eigenvalue weighted by atomic mass is 10.2. The molecule has 0 aliphatic carbocycles. The number of carbonyl (C=O) groups excluding carboxylic acids is 1. The van der Waals surface area contributed by atoms with E-state index in [2.05, 4.69) is 27.6 Å². The highest BCUT2D eigenvalue weighted by Crippen LogP contribution is 2.11. The fourth-order valence-electron chi connectivity index (χ4n) is 1.92. The molecule has 5 nitrogen and oxygen atoms in total. The molecule has 1 N–H and O–H groups in total. The molecule has 0 spiro atoms. The number of benzene rings is 1. The molecule has 2 rings (SSSR count). The standard InChI is InChI=1S/C16H20N4O/c1-12(2)17-16(21)14-9-10-15(19-18-14)20(3)11-13-7-5-4-6-8-13/h4-10,12H,11H2,1-3H3,(H,17,21). The van der Waals surface area contributed by atoms with Gasteiger partial charge in [0.2, 0.25) is 0 Å². The van der Waals surface area contributed by atoms with E-state index in [9.17, 15) is 4.79 Å². The lowest BCUT2D eigenvalue weighted by Gasteiger charge is -2.17. The summed E-state index contributed by atoms with van der Waals surface area (Å²) in [5.41, 5.74) is 1.53. The monoisotopic (exact) mass is 284 g/mol. The van der Waals surface area contributed by atoms with Crippen LogP contribution in [0.5, 0.6) is 0 Å². The molecule has 0 bridgehead atoms. The van der Waals surface area contributed by atoms with E-state index in [1.165, 1.54) is 5.56 Å². The van der Waals surface area contributed by atoms with Crippen molar-refractivity contribution in [1.29, 1.82) is 0 Å². The highest BCUT2D eigenvalue weighted by molar-refractivity contribution is 5.92. The molecule has 0 aliphatic rings. The SMILES string of the molecule is CC(C)NC(=O)c1ccc(N(C)Cc2ccccc2)nn1. The summed E-state index contributed by atoms with van der Waals surface area (Å²) in [7, 11) is 1.95. The van der Waals surface area contributed by atoms with E-state index in [1.807, 2.05) is 50.1 Å². The predicted molar refractivity (Wildman–Crippen MR) is 83.2 cm³/mol. The molecule has 0 radical (unpaired) electrons. The van der Waals surface area contributed by atoms with Crippen molar-refractivity contribution in [3.63, 3.8) is 0 Å². The van der Waals surface area contributed by atoms with Crippen molar-refractivity contribution in [3.05, 3.63) is 53.7 Å². The molecule has 1 aromatic carbocycles. The maximum Gasteiger partial charge on any atom is 0.271 e. The van der Waals surface area contributed by atoms with Crippen LogP contribution in [0, 0.1) is 0 Å². The second-order valence-corrected chi connectivity index (χ2v) is 5.25. The summed E-state index contributed by atoms with van der Waals surface area (Å²) in [5, 5.41) is 10.9. The van der Waals surface area contributed by atoms with E-state index in [0.717, 1.165) is 12.4 Å². The lowest BCUT2D eigenvalue weighted by Crippen LogP contribution is -2.31. The number of rotatable bonds is 5. The van der Waals surface area contributed by atoms with Gasteiger partial charge in [-0.1, -0.05) is 30.3 Å². The summed E-state index contributed by atoms with van der Waals surface area (Å²) in [5.74, 6) is 0.537. The molecule has 0 saturated heterocycles. The number of carbonyl (C=O) groups is 1. The second kappa shape index (κ2) is 6.83. The Morgan fingerprint density at radius 1 is 1.14 bits per heavy atom. The molecular weight excluding hydrogens is 264 g/mol. The number of hydrogen-bond donors (Lipinski definition) is 1. The third kappa shape index (κ3) is 4.27. The fraction of sp³-hybridized carbons (Fsp3) is 0.312. The quantitative estimate of drug-likeness (QED) is 0.915. The van der Waals surface area contributed by atoms with Crippen LogP contribution >= 0.6 is 0 Å². The van der Waals surface area contributed by atoms with E-state index < -0.39 is 0 Å². The smallest absolute Gasteiger partial charge is 0.271 e. The minimum Gasteiger partial charge on any atom is -0.354 e. The van der Waals surface area contributed by atoms with E-state index in [1.54, 1.807) is 6.07 Å². The van der Waals surface area contributed by atoms with Gasteiger partial charge in [-0.05, 0) is 31.5 Å². The molecule has 1 aromatic heterocycles. The first kappa shape index (κ1) is 15.0. The van der Waals surface area contributed by atoms with Gasteiger partial charge in [0.05, 0.1) is 0 Å². The van der Waals surface area contributed by atoms with E-state index in [-0.39, 0.29) is 11.9 Å². The number of nitrogens with one attached hydrogen (secondary N) is 1. The minimum absolute atomic E-state index is 0.0831. The van der Waals surface area contributed by atoms with Gasteiger partial charge in [0, 0.05) is 19.6 Å². The fourth-order valence-corrected chi connectivity index (χ4v) is 1.92. The number of hydrogen-bond acceptors (Lipinski definition) is 4. The topological polar surface area (TPSA) is 58.1 Å². The Hall–Kier alpha value is -2.43. The van der Waals surface area contributed by atoms with Gasteiger partial charge in [0.1, 0.15) is 0 Å². The van der Waals surface area contributed by atoms with Crippen LogP contribution in [0.3, 0.4) is 0 Å². The normalized spacial score (nSPS) is 10.5. The average molecular weight is 284 g/mol. The Kier molecular flexibility index (Phi) is 4.87. The lowest BCUT2D eigenvalue weighted by molar-refractivity contribution is 0.0937. The van der Waals surface area contributed by atoms with Crippen molar-refractivity contribution in [2.24, 2.45) is 0 Å². The third-order valence-electron chi connectivity index (χ3n) is 2.96. The molecule has 0 fully saturated rings. The van der Waals surface area contributed by atoms with Crippen LogP contribution in [0.2, 0.25) is 0 Å². The Bertz CT molecular complexity index is 581. The van der Waals surface area contributed by atoms with Gasteiger partial charge < -0.3 is 10.2 Å². The molecular formula is C16H20N4O. The molecule has 1 amide bonds. The summed E-state index contributed by atoms with van der Waals surface area (Å²) in [6.45, 7) is 4.56. The van der Waals surface area contributed by atoms with E-state index >= 15 is 0 Å². The maximum absolute atomic E-state index is 11.8. The molecule has 0 aliphatic heterocycles. The van der Waals surface area contributed by atoms with Gasteiger partial charge in [-0.15, -0.1) is 10.2 Å². The van der Waals surface area contributed by atoms with Gasteiger partial charge in [0.15, 0.2) is 11.5 Å². The average Bonchev–Trinajstić information content (AvgIpc) is 2.47. The molecule has 21 heavy (non-hydrogen) atoms. The first-order chi connectivity index (χ1) is 10.1. The first-order valence-corrected chi connectivity index (χ1v) is 6.96. The van der Waals surface area contributed by atoms with Crippen LogP contribution in [0.15, 0.2) is 42.5 Å². The number of anilines is 1. The Balaban J connectivity index is 2.03. The summed E-state index contributed by atoms with van der Waals surface area (Å²) < 4.78 is 0. The number of amides is 1. The van der Waals surface area contributed by atoms with Crippen molar-refractivity contribution in [2.75, 3.05) is 11.9 Å². The summed E-state index contributed by atoms with van der Waals surface area (Å²) in [4.78, 5) is 13.8. The van der Waals surface area contributed by atoms with Crippen LogP contribution in [-0.4, -0.2) is 29.2 Å². The Morgan fingerprint density at radius 3 is 2.43 bits per heavy atom. The highest BCUT2D eigenvalue weighted by atomic mass is 16.2. The van der Waals surface area contributed by atoms with Gasteiger partial charge >= 0.3 is 0 Å². The zero-order valence-electron chi connectivity index (χ0n) is 12.6. The molecule has 5 heteroatoms. The number of nitrogens with zero attached hydrogens (tertiary/aromatic N) is 3. The molecule has 110 valence electrons. The zero-order valence-corrected chi connectivity index (χ0v) is 12.6. The van der Waals surface area contributed by atoms with Crippen molar-refractivity contribution < 1.29 is 4.79 Å². The van der Waals surface area contributed by atoms with Crippen LogP contribution < -0.4 is 10.2 Å². The van der Waals surface area contributed by atoms with E-state index in [0.29, 0.717) is 5.69 Å². The summed E-state index contributed by atoms with van der Waals surface area (Å²) in [6, 6.07) is 13.7. The third-order valence-corrected chi connectivity index (χ3v) is 2.96. The zero-order chi connectivity index (χ0) is 15.2. The molecule has 1 heterocycles. The van der Waals surface area contributed by atoms with Crippen LogP contribution in [0.25, 0.3) is 0 Å². The van der Waals surface area contributed by atoms with Gasteiger partial charge in [0.25, 0.3) is 5.91 Å².